The lowest BCUT2D eigenvalue weighted by Crippen LogP contribution is -2.45. The number of benzene rings is 2. The highest BCUT2D eigenvalue weighted by atomic mass is 16.4. The van der Waals surface area contributed by atoms with Crippen LogP contribution in [0.2, 0.25) is 0 Å². The number of aliphatic carboxylic acids is 1. The fourth-order valence-corrected chi connectivity index (χ4v) is 6.10. The molecule has 3 atom stereocenters. The third-order valence-electron chi connectivity index (χ3n) is 8.96. The van der Waals surface area contributed by atoms with Gasteiger partial charge in [0.2, 0.25) is 0 Å². The first-order chi connectivity index (χ1) is 18.3. The molecule has 0 saturated carbocycles. The highest BCUT2D eigenvalue weighted by Crippen LogP contribution is 2.44. The Bertz CT molecular complexity index is 1120. The van der Waals surface area contributed by atoms with Crippen molar-refractivity contribution >= 4 is 5.97 Å². The number of rotatable bonds is 11. The Kier molecular flexibility index (Phi) is 9.24. The molecule has 5 nitrogen and oxygen atoms in total. The molecule has 0 radical (unpaired) electrons. The third-order valence-corrected chi connectivity index (χ3v) is 8.96. The van der Waals surface area contributed by atoms with Gasteiger partial charge in [0.1, 0.15) is 5.60 Å². The van der Waals surface area contributed by atoms with Crippen molar-refractivity contribution < 1.29 is 20.1 Å². The summed E-state index contributed by atoms with van der Waals surface area (Å²) in [4.78, 5) is 14.2. The zero-order chi connectivity index (χ0) is 27.2. The van der Waals surface area contributed by atoms with Crippen LogP contribution in [0.5, 0.6) is 0 Å². The van der Waals surface area contributed by atoms with Crippen LogP contribution in [0.4, 0.5) is 0 Å². The number of hydrogen-bond acceptors (Lipinski definition) is 4. The monoisotopic (exact) mass is 517 g/mol. The summed E-state index contributed by atoms with van der Waals surface area (Å²) in [6, 6.07) is 17.6. The predicted octanol–water partition coefficient (Wildman–Crippen LogP) is 6.13. The second-order valence-corrected chi connectivity index (χ2v) is 11.2. The van der Waals surface area contributed by atoms with Gasteiger partial charge in [0.15, 0.2) is 0 Å². The Labute approximate surface area is 227 Å². The molecule has 3 unspecified atom stereocenters. The zero-order valence-corrected chi connectivity index (χ0v) is 22.9. The SMILES string of the molecule is CCC(C)(C(=O)O)c1ccc(C(O)CCCN2CCC(C(O)(C3=CC=CCC3)c3ccccc3)CC2)cc1. The van der Waals surface area contributed by atoms with Crippen molar-refractivity contribution in [2.45, 2.75) is 75.9 Å². The molecule has 1 aliphatic heterocycles. The van der Waals surface area contributed by atoms with Gasteiger partial charge in [0.05, 0.1) is 11.5 Å². The average Bonchev–Trinajstić information content (AvgIpc) is 2.97. The highest BCUT2D eigenvalue weighted by molar-refractivity contribution is 5.80. The average molecular weight is 518 g/mol. The van der Waals surface area contributed by atoms with E-state index in [1.54, 1.807) is 6.92 Å². The van der Waals surface area contributed by atoms with E-state index in [9.17, 15) is 20.1 Å². The van der Waals surface area contributed by atoms with Gasteiger partial charge in [-0.05, 0) is 99.7 Å². The molecule has 0 aromatic heterocycles. The van der Waals surface area contributed by atoms with Crippen molar-refractivity contribution in [1.82, 2.24) is 4.90 Å². The first kappa shape index (κ1) is 28.3. The number of carboxylic acids is 1. The summed E-state index contributed by atoms with van der Waals surface area (Å²) < 4.78 is 0. The van der Waals surface area contributed by atoms with Crippen LogP contribution >= 0.6 is 0 Å². The number of allylic oxidation sites excluding steroid dienone is 3. The Balaban J connectivity index is 1.30. The molecule has 204 valence electrons. The van der Waals surface area contributed by atoms with Crippen molar-refractivity contribution in [2.75, 3.05) is 19.6 Å². The number of hydrogen-bond donors (Lipinski definition) is 3. The number of carboxylic acid groups (broad SMARTS) is 1. The number of aliphatic hydroxyl groups is 2. The van der Waals surface area contributed by atoms with Crippen LogP contribution in [0.1, 0.15) is 81.6 Å². The molecule has 1 heterocycles. The third kappa shape index (κ3) is 5.96. The topological polar surface area (TPSA) is 81.0 Å². The summed E-state index contributed by atoms with van der Waals surface area (Å²) in [7, 11) is 0. The molecule has 0 bridgehead atoms. The smallest absolute Gasteiger partial charge is 0.313 e. The second-order valence-electron chi connectivity index (χ2n) is 11.2. The number of nitrogens with zero attached hydrogens (tertiary/aromatic N) is 1. The van der Waals surface area contributed by atoms with Gasteiger partial charge in [-0.15, -0.1) is 0 Å². The van der Waals surface area contributed by atoms with Gasteiger partial charge in [-0.1, -0.05) is 79.7 Å². The molecule has 0 amide bonds. The van der Waals surface area contributed by atoms with Crippen molar-refractivity contribution in [2.24, 2.45) is 5.92 Å². The molecular formula is C33H43NO4. The molecule has 38 heavy (non-hydrogen) atoms. The van der Waals surface area contributed by atoms with Gasteiger partial charge >= 0.3 is 5.97 Å². The van der Waals surface area contributed by atoms with Gasteiger partial charge in [-0.25, -0.2) is 0 Å². The zero-order valence-electron chi connectivity index (χ0n) is 22.9. The van der Waals surface area contributed by atoms with E-state index in [-0.39, 0.29) is 5.92 Å². The summed E-state index contributed by atoms with van der Waals surface area (Å²) in [6.07, 6.45) is 11.6. The van der Waals surface area contributed by atoms with Crippen molar-refractivity contribution in [3.8, 4) is 0 Å². The molecule has 2 aromatic carbocycles. The maximum Gasteiger partial charge on any atom is 0.313 e. The minimum Gasteiger partial charge on any atom is -0.481 e. The molecule has 1 saturated heterocycles. The van der Waals surface area contributed by atoms with Gasteiger partial charge in [-0.3, -0.25) is 4.79 Å². The van der Waals surface area contributed by atoms with Crippen LogP contribution in [0.3, 0.4) is 0 Å². The number of likely N-dealkylation sites (tertiary alicyclic amines) is 1. The molecule has 1 aliphatic carbocycles. The molecular weight excluding hydrogens is 474 g/mol. The summed E-state index contributed by atoms with van der Waals surface area (Å²) in [5.74, 6) is -0.644. The minimum absolute atomic E-state index is 0.183. The lowest BCUT2D eigenvalue weighted by molar-refractivity contribution is -0.143. The summed E-state index contributed by atoms with van der Waals surface area (Å²) >= 11 is 0. The van der Waals surface area contributed by atoms with Crippen LogP contribution in [-0.2, 0) is 15.8 Å². The van der Waals surface area contributed by atoms with Crippen LogP contribution in [0, 0.1) is 5.92 Å². The molecule has 1 fully saturated rings. The largest absolute Gasteiger partial charge is 0.481 e. The van der Waals surface area contributed by atoms with E-state index in [2.05, 4.69) is 35.3 Å². The van der Waals surface area contributed by atoms with Crippen LogP contribution in [0.15, 0.2) is 78.4 Å². The number of carbonyl (C=O) groups is 1. The molecule has 3 N–H and O–H groups in total. The first-order valence-corrected chi connectivity index (χ1v) is 14.2. The van der Waals surface area contributed by atoms with E-state index in [0.29, 0.717) is 12.8 Å². The molecule has 2 aliphatic rings. The maximum absolute atomic E-state index is 12.1. The van der Waals surface area contributed by atoms with Crippen molar-refractivity contribution in [3.63, 3.8) is 0 Å². The van der Waals surface area contributed by atoms with E-state index in [0.717, 1.165) is 74.0 Å². The van der Waals surface area contributed by atoms with E-state index in [1.807, 2.05) is 49.4 Å². The van der Waals surface area contributed by atoms with Crippen molar-refractivity contribution in [3.05, 3.63) is 95.1 Å². The van der Waals surface area contributed by atoms with Crippen LogP contribution in [0.25, 0.3) is 0 Å². The Hall–Kier alpha value is -2.73. The quantitative estimate of drug-likeness (QED) is 0.334. The predicted molar refractivity (Wildman–Crippen MR) is 152 cm³/mol. The summed E-state index contributed by atoms with van der Waals surface area (Å²) in [5, 5.41) is 32.5. The minimum atomic E-state index is -0.922. The fraction of sp³-hybridized carbons (Fsp3) is 0.485. The molecule has 2 aromatic rings. The maximum atomic E-state index is 12.1. The standard InChI is InChI=1S/C33H43NO4/c1-3-32(2,31(36)37)26-18-16-25(17-19-26)30(35)15-10-22-34-23-20-29(21-24-34)33(38,27-11-6-4-7-12-27)28-13-8-5-9-14-28/h4-8,11-13,16-19,29-30,35,38H,3,9-10,14-15,20-24H2,1-2H3,(H,36,37). The first-order valence-electron chi connectivity index (χ1n) is 14.2. The van der Waals surface area contributed by atoms with Crippen LogP contribution in [-0.4, -0.2) is 45.8 Å². The Morgan fingerprint density at radius 1 is 1.05 bits per heavy atom. The van der Waals surface area contributed by atoms with Gasteiger partial charge in [-0.2, -0.15) is 0 Å². The van der Waals surface area contributed by atoms with Gasteiger partial charge in [0.25, 0.3) is 0 Å². The van der Waals surface area contributed by atoms with Gasteiger partial charge < -0.3 is 20.2 Å². The molecule has 0 spiro atoms. The Morgan fingerprint density at radius 2 is 1.74 bits per heavy atom. The molecule has 4 rings (SSSR count). The lowest BCUT2D eigenvalue weighted by atomic mass is 9.70. The molecule has 5 heteroatoms. The van der Waals surface area contributed by atoms with E-state index in [1.165, 1.54) is 0 Å². The van der Waals surface area contributed by atoms with Crippen LogP contribution < -0.4 is 0 Å². The van der Waals surface area contributed by atoms with Crippen molar-refractivity contribution in [1.29, 1.82) is 0 Å². The number of piperidine rings is 1. The van der Waals surface area contributed by atoms with E-state index in [4.69, 9.17) is 0 Å². The number of aliphatic hydroxyl groups excluding tert-OH is 1. The lowest BCUT2D eigenvalue weighted by Gasteiger charge is -2.44. The normalized spacial score (nSPS) is 20.8. The Morgan fingerprint density at radius 3 is 2.32 bits per heavy atom. The fourth-order valence-electron chi connectivity index (χ4n) is 6.10. The van der Waals surface area contributed by atoms with E-state index >= 15 is 0 Å². The van der Waals surface area contributed by atoms with Gasteiger partial charge in [0, 0.05) is 0 Å². The highest BCUT2D eigenvalue weighted by Gasteiger charge is 2.42. The van der Waals surface area contributed by atoms with E-state index < -0.39 is 23.1 Å². The summed E-state index contributed by atoms with van der Waals surface area (Å²) in [6.45, 7) is 6.43. The second kappa shape index (κ2) is 12.4. The summed E-state index contributed by atoms with van der Waals surface area (Å²) in [5.41, 5.74) is 1.89.